The van der Waals surface area contributed by atoms with Crippen molar-refractivity contribution in [2.75, 3.05) is 5.32 Å². The Bertz CT molecular complexity index is 960. The number of amides is 1. The highest BCUT2D eigenvalue weighted by Gasteiger charge is 2.19. The van der Waals surface area contributed by atoms with Crippen LogP contribution in [-0.2, 0) is 4.79 Å². The Hall–Kier alpha value is -3.22. The quantitative estimate of drug-likeness (QED) is 0.766. The van der Waals surface area contributed by atoms with E-state index in [0.29, 0.717) is 5.82 Å². The molecule has 0 radical (unpaired) electrons. The molecule has 0 aliphatic heterocycles. The van der Waals surface area contributed by atoms with Crippen molar-refractivity contribution >= 4 is 11.6 Å². The summed E-state index contributed by atoms with van der Waals surface area (Å²) >= 11 is 0. The molecule has 3 rings (SSSR count). The van der Waals surface area contributed by atoms with Gasteiger partial charge in [-0.25, -0.2) is 9.36 Å². The zero-order chi connectivity index (χ0) is 18.7. The molecule has 0 aliphatic rings. The van der Waals surface area contributed by atoms with Crippen molar-refractivity contribution in [3.05, 3.63) is 70.8 Å². The fourth-order valence-electron chi connectivity index (χ4n) is 2.68. The average molecular weight is 351 g/mol. The normalized spacial score (nSPS) is 12.2. The second-order valence-electron chi connectivity index (χ2n) is 6.33. The number of hydrogen-bond acceptors (Lipinski definition) is 4. The molecule has 1 amide bonds. The van der Waals surface area contributed by atoms with Crippen molar-refractivity contribution in [3.63, 3.8) is 0 Å². The maximum atomic E-state index is 12.7. The number of hydrogen-bond donors (Lipinski definition) is 1. The van der Waals surface area contributed by atoms with E-state index in [1.165, 1.54) is 15.4 Å². The third-order valence-corrected chi connectivity index (χ3v) is 4.14. The van der Waals surface area contributed by atoms with Crippen molar-refractivity contribution in [1.29, 1.82) is 0 Å². The van der Waals surface area contributed by atoms with Crippen LogP contribution < -0.4 is 10.9 Å². The molecule has 1 N–H and O–H groups in total. The highest BCUT2D eigenvalue weighted by atomic mass is 16.2. The summed E-state index contributed by atoms with van der Waals surface area (Å²) in [4.78, 5) is 24.9. The van der Waals surface area contributed by atoms with E-state index < -0.39 is 6.04 Å². The first-order valence-corrected chi connectivity index (χ1v) is 8.47. The second-order valence-corrected chi connectivity index (χ2v) is 6.33. The fourth-order valence-corrected chi connectivity index (χ4v) is 2.68. The molecule has 0 aliphatic carbocycles. The topological polar surface area (TPSA) is 81.8 Å². The fraction of sp³-hybridized carbons (Fsp3) is 0.263. The van der Waals surface area contributed by atoms with Crippen molar-refractivity contribution in [2.45, 2.75) is 32.7 Å². The number of carbonyl (C=O) groups is 1. The van der Waals surface area contributed by atoms with Crippen LogP contribution in [0.1, 0.15) is 38.3 Å². The Labute approximate surface area is 151 Å². The lowest BCUT2D eigenvalue weighted by molar-refractivity contribution is -0.119. The van der Waals surface area contributed by atoms with Gasteiger partial charge in [0.05, 0.1) is 0 Å². The van der Waals surface area contributed by atoms with Gasteiger partial charge in [0, 0.05) is 24.1 Å². The maximum Gasteiger partial charge on any atom is 0.267 e. The number of rotatable bonds is 5. The molecular weight excluding hydrogens is 330 g/mol. The van der Waals surface area contributed by atoms with Gasteiger partial charge in [0.2, 0.25) is 5.91 Å². The summed E-state index contributed by atoms with van der Waals surface area (Å²) in [5.74, 6) is 0.438. The molecule has 1 aromatic carbocycles. The van der Waals surface area contributed by atoms with E-state index in [-0.39, 0.29) is 17.4 Å². The molecule has 3 aromatic rings. The molecule has 2 aromatic heterocycles. The van der Waals surface area contributed by atoms with Gasteiger partial charge in [-0.05, 0) is 36.6 Å². The average Bonchev–Trinajstić information content (AvgIpc) is 3.16. The number of carbonyl (C=O) groups excluding carboxylic acids is 1. The molecule has 0 saturated heterocycles. The van der Waals surface area contributed by atoms with E-state index in [1.807, 2.05) is 24.3 Å². The summed E-state index contributed by atoms with van der Waals surface area (Å²) in [7, 11) is 0. The van der Waals surface area contributed by atoms with E-state index in [1.54, 1.807) is 31.5 Å². The lowest BCUT2D eigenvalue weighted by Crippen LogP contribution is -2.33. The summed E-state index contributed by atoms with van der Waals surface area (Å²) in [6.07, 6.45) is 3.34. The van der Waals surface area contributed by atoms with Gasteiger partial charge < -0.3 is 5.32 Å². The minimum Gasteiger partial charge on any atom is -0.324 e. The van der Waals surface area contributed by atoms with Crippen LogP contribution in [0.2, 0.25) is 0 Å². The highest BCUT2D eigenvalue weighted by molar-refractivity contribution is 5.94. The van der Waals surface area contributed by atoms with Crippen LogP contribution >= 0.6 is 0 Å². The van der Waals surface area contributed by atoms with Gasteiger partial charge in [-0.2, -0.15) is 5.10 Å². The Kier molecular flexibility index (Phi) is 4.97. The molecule has 7 nitrogen and oxygen atoms in total. The number of nitrogens with one attached hydrogen (secondary N) is 1. The summed E-state index contributed by atoms with van der Waals surface area (Å²) in [6, 6.07) is 11.6. The Balaban J connectivity index is 1.88. The zero-order valence-electron chi connectivity index (χ0n) is 15.0. The largest absolute Gasteiger partial charge is 0.324 e. The SMILES string of the molecule is CC(C)c1ccccc1NC(=O)C(C)n1nc(-n2cccn2)ccc1=O. The predicted octanol–water partition coefficient (Wildman–Crippen LogP) is 2.75. The van der Waals surface area contributed by atoms with Crippen LogP contribution in [-0.4, -0.2) is 25.5 Å². The number of anilines is 1. The first-order valence-electron chi connectivity index (χ1n) is 8.47. The van der Waals surface area contributed by atoms with Crippen molar-refractivity contribution in [3.8, 4) is 5.82 Å². The minimum absolute atomic E-state index is 0.269. The monoisotopic (exact) mass is 351 g/mol. The molecule has 1 unspecified atom stereocenters. The van der Waals surface area contributed by atoms with Gasteiger partial charge in [-0.15, -0.1) is 5.10 Å². The smallest absolute Gasteiger partial charge is 0.267 e. The summed E-state index contributed by atoms with van der Waals surface area (Å²) in [5.41, 5.74) is 1.44. The van der Waals surface area contributed by atoms with Crippen LogP contribution in [0.15, 0.2) is 59.7 Å². The van der Waals surface area contributed by atoms with Gasteiger partial charge in [-0.3, -0.25) is 9.59 Å². The number of para-hydroxylation sites is 1. The molecule has 0 spiro atoms. The summed E-state index contributed by atoms with van der Waals surface area (Å²) in [6.45, 7) is 5.77. The van der Waals surface area contributed by atoms with E-state index in [0.717, 1.165) is 11.3 Å². The molecular formula is C19H21N5O2. The third kappa shape index (κ3) is 3.56. The lowest BCUT2D eigenvalue weighted by Gasteiger charge is -2.17. The Morgan fingerprint density at radius 3 is 2.54 bits per heavy atom. The van der Waals surface area contributed by atoms with Crippen LogP contribution in [0.3, 0.4) is 0 Å². The van der Waals surface area contributed by atoms with Crippen molar-refractivity contribution < 1.29 is 4.79 Å². The Morgan fingerprint density at radius 2 is 1.85 bits per heavy atom. The predicted molar refractivity (Wildman–Crippen MR) is 99.5 cm³/mol. The highest BCUT2D eigenvalue weighted by Crippen LogP contribution is 2.24. The number of benzene rings is 1. The van der Waals surface area contributed by atoms with Crippen molar-refractivity contribution in [1.82, 2.24) is 19.6 Å². The number of aromatic nitrogens is 4. The molecule has 0 bridgehead atoms. The van der Waals surface area contributed by atoms with Crippen LogP contribution in [0.25, 0.3) is 5.82 Å². The van der Waals surface area contributed by atoms with Crippen LogP contribution in [0.5, 0.6) is 0 Å². The maximum absolute atomic E-state index is 12.7. The van der Waals surface area contributed by atoms with Gasteiger partial charge in [0.25, 0.3) is 5.56 Å². The van der Waals surface area contributed by atoms with Crippen molar-refractivity contribution in [2.24, 2.45) is 0 Å². The second kappa shape index (κ2) is 7.35. The number of nitrogens with zero attached hydrogens (tertiary/aromatic N) is 4. The third-order valence-electron chi connectivity index (χ3n) is 4.14. The van der Waals surface area contributed by atoms with Crippen LogP contribution in [0, 0.1) is 0 Å². The molecule has 0 fully saturated rings. The molecule has 134 valence electrons. The van der Waals surface area contributed by atoms with Gasteiger partial charge in [0.15, 0.2) is 5.82 Å². The molecule has 2 heterocycles. The lowest BCUT2D eigenvalue weighted by atomic mass is 10.0. The molecule has 26 heavy (non-hydrogen) atoms. The standard InChI is InChI=1S/C19H21N5O2/c1-13(2)15-7-4-5-8-16(15)21-19(26)14(3)24-18(25)10-9-17(22-24)23-12-6-11-20-23/h4-14H,1-3H3,(H,21,26). The minimum atomic E-state index is -0.766. The first kappa shape index (κ1) is 17.6. The Morgan fingerprint density at radius 1 is 1.08 bits per heavy atom. The summed E-state index contributed by atoms with van der Waals surface area (Å²) in [5, 5.41) is 11.3. The van der Waals surface area contributed by atoms with E-state index in [4.69, 9.17) is 0 Å². The molecule has 0 saturated carbocycles. The molecule has 7 heteroatoms. The first-order chi connectivity index (χ1) is 12.5. The molecule has 1 atom stereocenters. The van der Waals surface area contributed by atoms with Crippen LogP contribution in [0.4, 0.5) is 5.69 Å². The van der Waals surface area contributed by atoms with Gasteiger partial charge in [0.1, 0.15) is 6.04 Å². The van der Waals surface area contributed by atoms with Gasteiger partial charge >= 0.3 is 0 Å². The van der Waals surface area contributed by atoms with E-state index >= 15 is 0 Å². The zero-order valence-corrected chi connectivity index (χ0v) is 15.0. The van der Waals surface area contributed by atoms with E-state index in [9.17, 15) is 9.59 Å². The summed E-state index contributed by atoms with van der Waals surface area (Å²) < 4.78 is 2.71. The van der Waals surface area contributed by atoms with E-state index in [2.05, 4.69) is 29.4 Å². The van der Waals surface area contributed by atoms with Gasteiger partial charge in [-0.1, -0.05) is 32.0 Å².